The van der Waals surface area contributed by atoms with Crippen LogP contribution >= 0.6 is 23.2 Å². The Kier molecular flexibility index (Phi) is 5.74. The van der Waals surface area contributed by atoms with Crippen molar-refractivity contribution < 1.29 is 9.53 Å². The van der Waals surface area contributed by atoms with E-state index in [-0.39, 0.29) is 5.92 Å². The molecule has 122 valence electrons. The van der Waals surface area contributed by atoms with Crippen molar-refractivity contribution in [2.24, 2.45) is 5.92 Å². The minimum absolute atomic E-state index is 0.228. The highest BCUT2D eigenvalue weighted by Gasteiger charge is 2.33. The number of anilines is 3. The summed E-state index contributed by atoms with van der Waals surface area (Å²) >= 11 is 11.8. The van der Waals surface area contributed by atoms with Gasteiger partial charge in [-0.05, 0) is 36.4 Å². The third-order valence-corrected chi connectivity index (χ3v) is 4.12. The second-order valence-electron chi connectivity index (χ2n) is 5.30. The molecule has 6 heteroatoms. The number of halogens is 2. The summed E-state index contributed by atoms with van der Waals surface area (Å²) in [6, 6.07) is 17.0. The summed E-state index contributed by atoms with van der Waals surface area (Å²) in [6.45, 7) is 3.52. The normalized spacial score (nSPS) is 11.2. The van der Waals surface area contributed by atoms with Gasteiger partial charge in [-0.25, -0.2) is 4.79 Å². The largest absolute Gasteiger partial charge is 0.414 e. The molecule has 0 aliphatic heterocycles. The zero-order valence-corrected chi connectivity index (χ0v) is 14.4. The molecule has 0 atom stereocenters. The highest BCUT2D eigenvalue weighted by molar-refractivity contribution is 6.47. The molecule has 0 aliphatic carbocycles. The molecule has 0 radical (unpaired) electrons. The molecule has 0 heterocycles. The summed E-state index contributed by atoms with van der Waals surface area (Å²) in [5.41, 5.74) is 2.47. The lowest BCUT2D eigenvalue weighted by molar-refractivity contribution is 0.105. The van der Waals surface area contributed by atoms with Crippen LogP contribution in [-0.4, -0.2) is 10.6 Å². The van der Waals surface area contributed by atoms with E-state index >= 15 is 0 Å². The van der Waals surface area contributed by atoms with E-state index in [9.17, 15) is 4.79 Å². The lowest BCUT2D eigenvalue weighted by atomic mass is 10.2. The number of benzene rings is 2. The molecule has 0 fully saturated rings. The number of nitrogens with one attached hydrogen (secondary N) is 2. The molecule has 0 spiro atoms. The maximum absolute atomic E-state index is 11.8. The molecule has 2 rings (SSSR count). The van der Waals surface area contributed by atoms with E-state index in [0.717, 1.165) is 11.4 Å². The van der Waals surface area contributed by atoms with Crippen molar-refractivity contribution in [3.63, 3.8) is 0 Å². The minimum Gasteiger partial charge on any atom is -0.412 e. The number of carbonyl (C=O) groups excluding carboxylic acids is 1. The second-order valence-corrected chi connectivity index (χ2v) is 6.62. The fraction of sp³-hybridized carbons (Fsp3) is 0.235. The fourth-order valence-corrected chi connectivity index (χ4v) is 1.85. The molecule has 0 aromatic heterocycles. The van der Waals surface area contributed by atoms with Gasteiger partial charge in [0.25, 0.3) is 4.52 Å². The first-order valence-corrected chi connectivity index (χ1v) is 7.92. The second kappa shape index (κ2) is 7.57. The number of carbonyl (C=O) groups is 1. The Balaban J connectivity index is 1.93. The summed E-state index contributed by atoms with van der Waals surface area (Å²) in [7, 11) is 0. The van der Waals surface area contributed by atoms with Crippen LogP contribution in [0.4, 0.5) is 21.9 Å². The Morgan fingerprint density at radius 1 is 0.957 bits per heavy atom. The van der Waals surface area contributed by atoms with Crippen molar-refractivity contribution in [3.05, 3.63) is 54.6 Å². The monoisotopic (exact) mass is 352 g/mol. The van der Waals surface area contributed by atoms with Crippen LogP contribution in [0, 0.1) is 5.92 Å². The van der Waals surface area contributed by atoms with Gasteiger partial charge >= 0.3 is 6.09 Å². The van der Waals surface area contributed by atoms with E-state index in [1.807, 2.05) is 42.5 Å². The van der Waals surface area contributed by atoms with E-state index in [1.165, 1.54) is 0 Å². The average molecular weight is 353 g/mol. The number of rotatable bonds is 5. The smallest absolute Gasteiger partial charge is 0.412 e. The molecule has 4 nitrogen and oxygen atoms in total. The summed E-state index contributed by atoms with van der Waals surface area (Å²) < 4.78 is 3.44. The van der Waals surface area contributed by atoms with Gasteiger partial charge in [-0.3, -0.25) is 5.32 Å². The van der Waals surface area contributed by atoms with Crippen LogP contribution in [0.2, 0.25) is 0 Å². The zero-order valence-electron chi connectivity index (χ0n) is 12.8. The van der Waals surface area contributed by atoms with E-state index in [0.29, 0.717) is 5.69 Å². The molecule has 1 amide bonds. The van der Waals surface area contributed by atoms with Crippen LogP contribution in [0.15, 0.2) is 54.6 Å². The predicted molar refractivity (Wildman–Crippen MR) is 95.5 cm³/mol. The number of alkyl halides is 2. The van der Waals surface area contributed by atoms with Gasteiger partial charge < -0.3 is 10.1 Å². The number of hydrogen-bond donors (Lipinski definition) is 2. The van der Waals surface area contributed by atoms with Crippen LogP contribution in [0.1, 0.15) is 13.8 Å². The highest BCUT2D eigenvalue weighted by atomic mass is 35.5. The molecule has 2 aromatic carbocycles. The number of amides is 1. The molecular weight excluding hydrogens is 335 g/mol. The number of para-hydroxylation sites is 1. The quantitative estimate of drug-likeness (QED) is 0.671. The van der Waals surface area contributed by atoms with Gasteiger partial charge in [0.2, 0.25) is 0 Å². The van der Waals surface area contributed by atoms with Crippen LogP contribution in [0.5, 0.6) is 0 Å². The molecule has 23 heavy (non-hydrogen) atoms. The summed E-state index contributed by atoms with van der Waals surface area (Å²) in [6.07, 6.45) is -0.701. The highest BCUT2D eigenvalue weighted by Crippen LogP contribution is 2.31. The minimum atomic E-state index is -1.56. The standard InChI is InChI=1S/C17H18Cl2N2O2/c1-12(2)17(18,19)23-16(22)21-15-10-8-14(9-11-15)20-13-6-4-3-5-7-13/h3-12,20H,1-2H3,(H,21,22). The summed E-state index contributed by atoms with van der Waals surface area (Å²) in [5, 5.41) is 5.84. The lowest BCUT2D eigenvalue weighted by Crippen LogP contribution is -2.30. The molecule has 0 saturated heterocycles. The zero-order chi connectivity index (χ0) is 16.9. The van der Waals surface area contributed by atoms with Crippen molar-refractivity contribution in [2.45, 2.75) is 18.4 Å². The topological polar surface area (TPSA) is 50.4 Å². The van der Waals surface area contributed by atoms with Crippen LogP contribution in [-0.2, 0) is 4.74 Å². The predicted octanol–water partition coefficient (Wildman–Crippen LogP) is 5.77. The third-order valence-electron chi connectivity index (χ3n) is 3.09. The van der Waals surface area contributed by atoms with Gasteiger partial charge in [0.05, 0.1) is 0 Å². The first kappa shape index (κ1) is 17.4. The maximum atomic E-state index is 11.8. The SMILES string of the molecule is CC(C)C(Cl)(Cl)OC(=O)Nc1ccc(Nc2ccccc2)cc1. The van der Waals surface area contributed by atoms with Gasteiger partial charge in [0.1, 0.15) is 0 Å². The van der Waals surface area contributed by atoms with Gasteiger partial charge in [0, 0.05) is 23.0 Å². The van der Waals surface area contributed by atoms with Crippen molar-refractivity contribution in [3.8, 4) is 0 Å². The molecular formula is C17H18Cl2N2O2. The Hall–Kier alpha value is -1.91. The van der Waals surface area contributed by atoms with Crippen molar-refractivity contribution >= 4 is 46.4 Å². The van der Waals surface area contributed by atoms with Crippen molar-refractivity contribution in [1.82, 2.24) is 0 Å². The van der Waals surface area contributed by atoms with E-state index in [2.05, 4.69) is 10.6 Å². The van der Waals surface area contributed by atoms with Gasteiger partial charge in [-0.15, -0.1) is 0 Å². The average Bonchev–Trinajstić information content (AvgIpc) is 2.49. The summed E-state index contributed by atoms with van der Waals surface area (Å²) in [5.74, 6) is -0.228. The number of ether oxygens (including phenoxy) is 1. The maximum Gasteiger partial charge on any atom is 0.414 e. The van der Waals surface area contributed by atoms with E-state index < -0.39 is 10.6 Å². The molecule has 2 aromatic rings. The van der Waals surface area contributed by atoms with Crippen LogP contribution in [0.25, 0.3) is 0 Å². The fourth-order valence-electron chi connectivity index (χ4n) is 1.71. The van der Waals surface area contributed by atoms with Gasteiger partial charge in [-0.2, -0.15) is 0 Å². The van der Waals surface area contributed by atoms with Crippen molar-refractivity contribution in [1.29, 1.82) is 0 Å². The first-order chi connectivity index (χ1) is 10.9. The third kappa shape index (κ3) is 5.34. The Bertz CT molecular complexity index is 643. The molecule has 2 N–H and O–H groups in total. The Morgan fingerprint density at radius 3 is 2.04 bits per heavy atom. The molecule has 0 saturated carbocycles. The van der Waals surface area contributed by atoms with Crippen LogP contribution in [0.3, 0.4) is 0 Å². The lowest BCUT2D eigenvalue weighted by Gasteiger charge is -2.23. The molecule has 0 unspecified atom stereocenters. The first-order valence-electron chi connectivity index (χ1n) is 7.17. The molecule has 0 aliphatic rings. The van der Waals surface area contributed by atoms with Gasteiger partial charge in [0.15, 0.2) is 0 Å². The van der Waals surface area contributed by atoms with E-state index in [4.69, 9.17) is 27.9 Å². The number of hydrogen-bond acceptors (Lipinski definition) is 3. The van der Waals surface area contributed by atoms with E-state index in [1.54, 1.807) is 26.0 Å². The van der Waals surface area contributed by atoms with Crippen LogP contribution < -0.4 is 10.6 Å². The Morgan fingerprint density at radius 2 is 1.48 bits per heavy atom. The molecule has 0 bridgehead atoms. The Labute approximate surface area is 145 Å². The van der Waals surface area contributed by atoms with Crippen molar-refractivity contribution in [2.75, 3.05) is 10.6 Å². The van der Waals surface area contributed by atoms with Gasteiger partial charge in [-0.1, -0.05) is 55.2 Å². The summed E-state index contributed by atoms with van der Waals surface area (Å²) in [4.78, 5) is 11.8.